The summed E-state index contributed by atoms with van der Waals surface area (Å²) in [6.45, 7) is -0.463. The van der Waals surface area contributed by atoms with Crippen LogP contribution in [0, 0.1) is 0 Å². The second kappa shape index (κ2) is 8.15. The predicted octanol–water partition coefficient (Wildman–Crippen LogP) is 1.90. The topological polar surface area (TPSA) is 87.3 Å². The van der Waals surface area contributed by atoms with Gasteiger partial charge in [0.1, 0.15) is 0 Å². The van der Waals surface area contributed by atoms with Gasteiger partial charge < -0.3 is 5.32 Å². The van der Waals surface area contributed by atoms with Crippen LogP contribution < -0.4 is 16.2 Å². The first-order chi connectivity index (χ1) is 12.3. The van der Waals surface area contributed by atoms with E-state index >= 15 is 0 Å². The van der Waals surface area contributed by atoms with Crippen LogP contribution in [0.15, 0.2) is 54.6 Å². The molecular weight excluding hydrogens is 351 g/mol. The van der Waals surface area contributed by atoms with Crippen LogP contribution >= 0.6 is 0 Å². The highest BCUT2D eigenvalue weighted by molar-refractivity contribution is 5.98. The van der Waals surface area contributed by atoms with Crippen molar-refractivity contribution < 1.29 is 27.6 Å². The van der Waals surface area contributed by atoms with Crippen LogP contribution in [0.25, 0.3) is 0 Å². The third-order valence-corrected chi connectivity index (χ3v) is 3.24. The molecule has 0 atom stereocenters. The van der Waals surface area contributed by atoms with Gasteiger partial charge in [0.2, 0.25) is 0 Å². The summed E-state index contributed by atoms with van der Waals surface area (Å²) >= 11 is 0. The Balaban J connectivity index is 1.80. The molecule has 0 spiro atoms. The van der Waals surface area contributed by atoms with Gasteiger partial charge in [-0.25, -0.2) is 0 Å². The van der Waals surface area contributed by atoms with Crippen molar-refractivity contribution in [2.45, 2.75) is 6.18 Å². The lowest BCUT2D eigenvalue weighted by Crippen LogP contribution is -2.46. The molecule has 0 aromatic heterocycles. The van der Waals surface area contributed by atoms with Crippen LogP contribution in [0.5, 0.6) is 0 Å². The summed E-state index contributed by atoms with van der Waals surface area (Å²) in [5.74, 6) is -1.95. The van der Waals surface area contributed by atoms with Crippen molar-refractivity contribution in [1.82, 2.24) is 16.2 Å². The maximum Gasteiger partial charge on any atom is 0.416 e. The number of hydrazine groups is 1. The highest BCUT2D eigenvalue weighted by atomic mass is 19.4. The minimum atomic E-state index is -4.49. The van der Waals surface area contributed by atoms with Gasteiger partial charge in [0.05, 0.1) is 12.1 Å². The number of alkyl halides is 3. The van der Waals surface area contributed by atoms with E-state index in [1.165, 1.54) is 0 Å². The number of hydrogen-bond acceptors (Lipinski definition) is 3. The Labute approximate surface area is 146 Å². The monoisotopic (exact) mass is 365 g/mol. The zero-order valence-electron chi connectivity index (χ0n) is 13.3. The molecule has 0 aliphatic rings. The molecular formula is C17H14F3N3O3. The van der Waals surface area contributed by atoms with Crippen molar-refractivity contribution in [3.05, 3.63) is 71.3 Å². The summed E-state index contributed by atoms with van der Waals surface area (Å²) in [4.78, 5) is 35.1. The molecule has 9 heteroatoms. The van der Waals surface area contributed by atoms with Gasteiger partial charge in [-0.05, 0) is 36.4 Å². The van der Waals surface area contributed by atoms with E-state index in [4.69, 9.17) is 0 Å². The summed E-state index contributed by atoms with van der Waals surface area (Å²) in [6, 6.07) is 11.7. The van der Waals surface area contributed by atoms with Gasteiger partial charge >= 0.3 is 6.18 Å². The van der Waals surface area contributed by atoms with E-state index in [9.17, 15) is 27.6 Å². The third-order valence-electron chi connectivity index (χ3n) is 3.24. The van der Waals surface area contributed by atoms with E-state index in [0.29, 0.717) is 5.56 Å². The molecule has 0 saturated carbocycles. The molecule has 136 valence electrons. The molecule has 0 bridgehead atoms. The number of carbonyl (C=O) groups is 3. The fraction of sp³-hybridized carbons (Fsp3) is 0.118. The Morgan fingerprint density at radius 1 is 0.769 bits per heavy atom. The Hall–Kier alpha value is -3.36. The highest BCUT2D eigenvalue weighted by Crippen LogP contribution is 2.28. The molecule has 0 aliphatic carbocycles. The van der Waals surface area contributed by atoms with E-state index in [-0.39, 0.29) is 5.56 Å². The summed E-state index contributed by atoms with van der Waals surface area (Å²) < 4.78 is 37.4. The molecule has 0 fully saturated rings. The molecule has 0 saturated heterocycles. The minimum Gasteiger partial charge on any atom is -0.343 e. The first kappa shape index (κ1) is 19.0. The quantitative estimate of drug-likeness (QED) is 0.723. The maximum atomic E-state index is 12.5. The SMILES string of the molecule is O=C(CNC(=O)c1ccc(C(F)(F)F)cc1)NNC(=O)c1ccccc1. The summed E-state index contributed by atoms with van der Waals surface area (Å²) in [6.07, 6.45) is -4.49. The van der Waals surface area contributed by atoms with Crippen LogP contribution in [0.2, 0.25) is 0 Å². The van der Waals surface area contributed by atoms with Crippen molar-refractivity contribution >= 4 is 17.7 Å². The van der Waals surface area contributed by atoms with Crippen LogP contribution in [0.1, 0.15) is 26.3 Å². The first-order valence-corrected chi connectivity index (χ1v) is 7.37. The molecule has 0 aliphatic heterocycles. The Morgan fingerprint density at radius 3 is 1.92 bits per heavy atom. The number of amides is 3. The number of carbonyl (C=O) groups excluding carboxylic acids is 3. The average molecular weight is 365 g/mol. The number of nitrogens with one attached hydrogen (secondary N) is 3. The second-order valence-corrected chi connectivity index (χ2v) is 5.13. The predicted molar refractivity (Wildman–Crippen MR) is 85.8 cm³/mol. The van der Waals surface area contributed by atoms with E-state index < -0.39 is 36.0 Å². The van der Waals surface area contributed by atoms with Crippen LogP contribution in [-0.2, 0) is 11.0 Å². The van der Waals surface area contributed by atoms with E-state index in [1.807, 2.05) is 0 Å². The molecule has 2 aromatic rings. The van der Waals surface area contributed by atoms with E-state index in [0.717, 1.165) is 24.3 Å². The molecule has 3 N–H and O–H groups in total. The second-order valence-electron chi connectivity index (χ2n) is 5.13. The van der Waals surface area contributed by atoms with E-state index in [2.05, 4.69) is 16.2 Å². The zero-order chi connectivity index (χ0) is 19.2. The maximum absolute atomic E-state index is 12.5. The van der Waals surface area contributed by atoms with Crippen molar-refractivity contribution in [1.29, 1.82) is 0 Å². The van der Waals surface area contributed by atoms with E-state index in [1.54, 1.807) is 30.3 Å². The van der Waals surface area contributed by atoms with Gasteiger partial charge in [-0.2, -0.15) is 13.2 Å². The number of hydrogen-bond donors (Lipinski definition) is 3. The van der Waals surface area contributed by atoms with Crippen LogP contribution in [0.3, 0.4) is 0 Å². The zero-order valence-corrected chi connectivity index (χ0v) is 13.3. The van der Waals surface area contributed by atoms with Crippen LogP contribution in [0.4, 0.5) is 13.2 Å². The van der Waals surface area contributed by atoms with Crippen molar-refractivity contribution in [2.75, 3.05) is 6.54 Å². The lowest BCUT2D eigenvalue weighted by atomic mass is 10.1. The molecule has 3 amide bonds. The van der Waals surface area contributed by atoms with Crippen LogP contribution in [-0.4, -0.2) is 24.3 Å². The van der Waals surface area contributed by atoms with Crippen molar-refractivity contribution in [3.8, 4) is 0 Å². The first-order valence-electron chi connectivity index (χ1n) is 7.37. The highest BCUT2D eigenvalue weighted by Gasteiger charge is 2.30. The lowest BCUT2D eigenvalue weighted by molar-refractivity contribution is -0.137. The van der Waals surface area contributed by atoms with Gasteiger partial charge in [-0.3, -0.25) is 25.2 Å². The molecule has 0 radical (unpaired) electrons. The Bertz CT molecular complexity index is 790. The number of halogens is 3. The van der Waals surface area contributed by atoms with Gasteiger partial charge in [0.25, 0.3) is 17.7 Å². The lowest BCUT2D eigenvalue weighted by Gasteiger charge is -2.09. The molecule has 0 heterocycles. The molecule has 2 rings (SSSR count). The van der Waals surface area contributed by atoms with Crippen molar-refractivity contribution in [2.24, 2.45) is 0 Å². The van der Waals surface area contributed by atoms with Crippen molar-refractivity contribution in [3.63, 3.8) is 0 Å². The fourth-order valence-electron chi connectivity index (χ4n) is 1.91. The molecule has 2 aromatic carbocycles. The van der Waals surface area contributed by atoms with Gasteiger partial charge in [-0.15, -0.1) is 0 Å². The standard InChI is InChI=1S/C17H14F3N3O3/c18-17(19,20)13-8-6-12(7-9-13)15(25)21-10-14(24)22-23-16(26)11-4-2-1-3-5-11/h1-9H,10H2,(H,21,25)(H,22,24)(H,23,26). The molecule has 0 unspecified atom stereocenters. The minimum absolute atomic E-state index is 0.0286. The van der Waals surface area contributed by atoms with Gasteiger partial charge in [-0.1, -0.05) is 18.2 Å². The van der Waals surface area contributed by atoms with Gasteiger partial charge in [0.15, 0.2) is 0 Å². The Kier molecular flexibility index (Phi) is 5.94. The number of rotatable bonds is 4. The van der Waals surface area contributed by atoms with Gasteiger partial charge in [0, 0.05) is 11.1 Å². The molecule has 26 heavy (non-hydrogen) atoms. The third kappa shape index (κ3) is 5.33. The Morgan fingerprint density at radius 2 is 1.35 bits per heavy atom. The smallest absolute Gasteiger partial charge is 0.343 e. The summed E-state index contributed by atoms with van der Waals surface area (Å²) in [7, 11) is 0. The average Bonchev–Trinajstić information content (AvgIpc) is 2.64. The summed E-state index contributed by atoms with van der Waals surface area (Å²) in [5.41, 5.74) is 3.71. The largest absolute Gasteiger partial charge is 0.416 e. The number of benzene rings is 2. The molecule has 6 nitrogen and oxygen atoms in total. The normalized spacial score (nSPS) is 10.7. The summed E-state index contributed by atoms with van der Waals surface area (Å²) in [5, 5.41) is 2.24. The fourth-order valence-corrected chi connectivity index (χ4v) is 1.91.